The first-order valence-electron chi connectivity index (χ1n) is 9.45. The Labute approximate surface area is 155 Å². The third-order valence-corrected chi connectivity index (χ3v) is 5.00. The Morgan fingerprint density at radius 3 is 2.62 bits per heavy atom. The highest BCUT2D eigenvalue weighted by Gasteiger charge is 2.24. The summed E-state index contributed by atoms with van der Waals surface area (Å²) in [6, 6.07) is 15.1. The molecule has 1 aliphatic rings. The third-order valence-electron chi connectivity index (χ3n) is 5.00. The fourth-order valence-electron chi connectivity index (χ4n) is 3.45. The van der Waals surface area contributed by atoms with Crippen LogP contribution >= 0.6 is 0 Å². The second-order valence-electron chi connectivity index (χ2n) is 7.00. The highest BCUT2D eigenvalue weighted by atomic mass is 16.2. The largest absolute Gasteiger partial charge is 0.342 e. The average Bonchev–Trinajstić information content (AvgIpc) is 3.17. The van der Waals surface area contributed by atoms with E-state index >= 15 is 0 Å². The van der Waals surface area contributed by atoms with Gasteiger partial charge in [-0.3, -0.25) is 20.6 Å². The van der Waals surface area contributed by atoms with Gasteiger partial charge in [0.25, 0.3) is 5.91 Å². The van der Waals surface area contributed by atoms with Crippen molar-refractivity contribution in [2.75, 3.05) is 13.6 Å². The molecule has 3 rings (SSSR count). The number of hydrogen-bond donors (Lipinski definition) is 2. The monoisotopic (exact) mass is 352 g/mol. The predicted octanol–water partition coefficient (Wildman–Crippen LogP) is 3.32. The first kappa shape index (κ1) is 18.5. The molecular formula is C21H28N4O. The van der Waals surface area contributed by atoms with E-state index in [9.17, 15) is 4.79 Å². The molecule has 2 atom stereocenters. The number of unbranched alkanes of at least 4 members (excludes halogenated alkanes) is 2. The minimum Gasteiger partial charge on any atom is -0.342 e. The third kappa shape index (κ3) is 5.13. The Bertz CT molecular complexity index is 677. The van der Waals surface area contributed by atoms with Gasteiger partial charge >= 0.3 is 0 Å². The summed E-state index contributed by atoms with van der Waals surface area (Å²) in [5.41, 5.74) is 8.88. The van der Waals surface area contributed by atoms with Crippen molar-refractivity contribution in [1.29, 1.82) is 0 Å². The van der Waals surface area contributed by atoms with Gasteiger partial charge < -0.3 is 4.90 Å². The van der Waals surface area contributed by atoms with E-state index < -0.39 is 0 Å². The second-order valence-corrected chi connectivity index (χ2v) is 7.00. The first-order chi connectivity index (χ1) is 12.7. The van der Waals surface area contributed by atoms with E-state index in [4.69, 9.17) is 0 Å². The van der Waals surface area contributed by atoms with Crippen molar-refractivity contribution in [3.8, 4) is 0 Å². The molecule has 1 fully saturated rings. The Balaban J connectivity index is 1.31. The molecule has 2 unspecified atom stereocenters. The maximum atomic E-state index is 12.3. The predicted molar refractivity (Wildman–Crippen MR) is 104 cm³/mol. The number of nitrogens with zero attached hydrogens (tertiary/aromatic N) is 2. The van der Waals surface area contributed by atoms with Gasteiger partial charge in [-0.2, -0.15) is 0 Å². The summed E-state index contributed by atoms with van der Waals surface area (Å²) < 4.78 is 0. The second kappa shape index (κ2) is 9.46. The topological polar surface area (TPSA) is 57.3 Å². The number of hydrogen-bond acceptors (Lipinski definition) is 4. The summed E-state index contributed by atoms with van der Waals surface area (Å²) in [6.07, 6.45) is 8.97. The zero-order chi connectivity index (χ0) is 18.2. The smallest absolute Gasteiger partial charge is 0.253 e. The van der Waals surface area contributed by atoms with Crippen LogP contribution in [-0.4, -0.2) is 35.4 Å². The zero-order valence-electron chi connectivity index (χ0n) is 15.4. The van der Waals surface area contributed by atoms with E-state index in [0.29, 0.717) is 17.6 Å². The molecule has 5 nitrogen and oxygen atoms in total. The van der Waals surface area contributed by atoms with Crippen LogP contribution in [-0.2, 0) is 0 Å². The highest BCUT2D eigenvalue weighted by molar-refractivity contribution is 5.93. The van der Waals surface area contributed by atoms with Crippen LogP contribution in [0.25, 0.3) is 0 Å². The summed E-state index contributed by atoms with van der Waals surface area (Å²) in [5, 5.41) is 0. The van der Waals surface area contributed by atoms with Crippen LogP contribution in [0.4, 0.5) is 0 Å². The lowest BCUT2D eigenvalue weighted by Gasteiger charge is -2.17. The Hall–Kier alpha value is -2.24. The SMILES string of the molecule is CN(CCCCCC1CC(c2ccccc2)NN1)C(=O)c1ccncc1. The normalized spacial score (nSPS) is 19.4. The molecule has 1 saturated heterocycles. The molecule has 138 valence electrons. The first-order valence-corrected chi connectivity index (χ1v) is 9.45. The Morgan fingerprint density at radius 1 is 1.08 bits per heavy atom. The molecule has 26 heavy (non-hydrogen) atoms. The van der Waals surface area contributed by atoms with E-state index in [1.807, 2.05) is 7.05 Å². The summed E-state index contributed by atoms with van der Waals surface area (Å²) in [7, 11) is 1.87. The molecule has 1 amide bonds. The lowest BCUT2D eigenvalue weighted by molar-refractivity contribution is 0.0792. The van der Waals surface area contributed by atoms with E-state index in [2.05, 4.69) is 46.2 Å². The quantitative estimate of drug-likeness (QED) is 0.716. The van der Waals surface area contributed by atoms with Crippen molar-refractivity contribution in [2.24, 2.45) is 0 Å². The summed E-state index contributed by atoms with van der Waals surface area (Å²) in [6.45, 7) is 0.796. The van der Waals surface area contributed by atoms with Gasteiger partial charge in [-0.25, -0.2) is 0 Å². The van der Waals surface area contributed by atoms with Crippen LogP contribution in [0.15, 0.2) is 54.9 Å². The van der Waals surface area contributed by atoms with Gasteiger partial charge in [-0.15, -0.1) is 0 Å². The molecule has 2 aromatic rings. The zero-order valence-corrected chi connectivity index (χ0v) is 15.4. The maximum absolute atomic E-state index is 12.3. The number of carbonyl (C=O) groups is 1. The number of rotatable bonds is 8. The minimum absolute atomic E-state index is 0.0692. The number of amides is 1. The van der Waals surface area contributed by atoms with Crippen molar-refractivity contribution in [3.63, 3.8) is 0 Å². The van der Waals surface area contributed by atoms with Gasteiger partial charge in [0.05, 0.1) is 0 Å². The maximum Gasteiger partial charge on any atom is 0.253 e. The number of nitrogens with one attached hydrogen (secondary N) is 2. The van der Waals surface area contributed by atoms with Crippen molar-refractivity contribution >= 4 is 5.91 Å². The summed E-state index contributed by atoms with van der Waals surface area (Å²) >= 11 is 0. The van der Waals surface area contributed by atoms with Gasteiger partial charge in [-0.1, -0.05) is 43.2 Å². The van der Waals surface area contributed by atoms with Crippen molar-refractivity contribution in [2.45, 2.75) is 44.2 Å². The molecule has 2 N–H and O–H groups in total. The molecule has 0 aliphatic carbocycles. The van der Waals surface area contributed by atoms with Crippen LogP contribution < -0.4 is 10.9 Å². The van der Waals surface area contributed by atoms with E-state index in [1.54, 1.807) is 29.4 Å². The fourth-order valence-corrected chi connectivity index (χ4v) is 3.45. The van der Waals surface area contributed by atoms with E-state index in [0.717, 1.165) is 25.8 Å². The summed E-state index contributed by atoms with van der Waals surface area (Å²) in [4.78, 5) is 18.0. The van der Waals surface area contributed by atoms with Crippen LogP contribution in [0.5, 0.6) is 0 Å². The molecule has 0 radical (unpaired) electrons. The molecule has 0 bridgehead atoms. The van der Waals surface area contributed by atoms with Crippen LogP contribution in [0.2, 0.25) is 0 Å². The standard InChI is InChI=1S/C21H28N4O/c1-25(21(26)18-11-13-22-14-12-18)15-7-3-6-10-19-16-20(24-23-19)17-8-4-2-5-9-17/h2,4-5,8-9,11-14,19-20,23-24H,3,6-7,10,15-16H2,1H3. The van der Waals surface area contributed by atoms with E-state index in [1.165, 1.54) is 18.4 Å². The van der Waals surface area contributed by atoms with Gasteiger partial charge in [0.2, 0.25) is 0 Å². The van der Waals surface area contributed by atoms with Crippen molar-refractivity contribution < 1.29 is 4.79 Å². The molecule has 0 spiro atoms. The Kier molecular flexibility index (Phi) is 6.75. The molecule has 1 aromatic heterocycles. The Morgan fingerprint density at radius 2 is 1.85 bits per heavy atom. The lowest BCUT2D eigenvalue weighted by atomic mass is 9.99. The minimum atomic E-state index is 0.0692. The van der Waals surface area contributed by atoms with Gasteiger partial charge in [0.1, 0.15) is 0 Å². The average molecular weight is 352 g/mol. The van der Waals surface area contributed by atoms with Gasteiger partial charge in [-0.05, 0) is 37.0 Å². The fraction of sp³-hybridized carbons (Fsp3) is 0.429. The number of benzene rings is 1. The van der Waals surface area contributed by atoms with Crippen LogP contribution in [0.3, 0.4) is 0 Å². The molecule has 0 saturated carbocycles. The molecule has 1 aliphatic heterocycles. The number of aromatic nitrogens is 1. The lowest BCUT2D eigenvalue weighted by Crippen LogP contribution is -2.30. The molecule has 5 heteroatoms. The van der Waals surface area contributed by atoms with Crippen molar-refractivity contribution in [1.82, 2.24) is 20.7 Å². The van der Waals surface area contributed by atoms with Gasteiger partial charge in [0, 0.05) is 43.6 Å². The molecular weight excluding hydrogens is 324 g/mol. The van der Waals surface area contributed by atoms with Crippen LogP contribution in [0, 0.1) is 0 Å². The summed E-state index contributed by atoms with van der Waals surface area (Å²) in [5.74, 6) is 0.0692. The highest BCUT2D eigenvalue weighted by Crippen LogP contribution is 2.24. The van der Waals surface area contributed by atoms with Crippen molar-refractivity contribution in [3.05, 3.63) is 66.0 Å². The number of hydrazine groups is 1. The van der Waals surface area contributed by atoms with Crippen LogP contribution in [0.1, 0.15) is 54.1 Å². The number of carbonyl (C=O) groups excluding carboxylic acids is 1. The molecule has 2 heterocycles. The van der Waals surface area contributed by atoms with E-state index in [-0.39, 0.29) is 5.91 Å². The number of pyridine rings is 1. The van der Waals surface area contributed by atoms with Gasteiger partial charge in [0.15, 0.2) is 0 Å². The molecule has 1 aromatic carbocycles.